The number of aryl methyl sites for hydroxylation is 1. The molecule has 1 fully saturated rings. The molecular formula is C25H22N4O2S4. The van der Waals surface area contributed by atoms with Gasteiger partial charge >= 0.3 is 0 Å². The number of hydrogen-bond donors (Lipinski definition) is 1. The first-order valence-corrected chi connectivity index (χ1v) is 13.8. The molecule has 1 aliphatic rings. The molecule has 6 nitrogen and oxygen atoms in total. The highest BCUT2D eigenvalue weighted by atomic mass is 32.2. The van der Waals surface area contributed by atoms with E-state index in [1.165, 1.54) is 28.0 Å². The number of carbonyl (C=O) groups excluding carboxylic acids is 2. The van der Waals surface area contributed by atoms with E-state index in [1.54, 1.807) is 11.8 Å². The Bertz CT molecular complexity index is 1270. The van der Waals surface area contributed by atoms with Crippen LogP contribution in [0.3, 0.4) is 0 Å². The second-order valence-electron chi connectivity index (χ2n) is 7.54. The van der Waals surface area contributed by atoms with Crippen molar-refractivity contribution in [3.63, 3.8) is 0 Å². The van der Waals surface area contributed by atoms with E-state index in [-0.39, 0.29) is 24.8 Å². The molecule has 0 radical (unpaired) electrons. The summed E-state index contributed by atoms with van der Waals surface area (Å²) in [7, 11) is 0. The van der Waals surface area contributed by atoms with Crippen molar-refractivity contribution in [1.82, 2.24) is 15.1 Å². The molecule has 1 aromatic heterocycles. The zero-order chi connectivity index (χ0) is 24.6. The topological polar surface area (TPSA) is 75.2 Å². The number of hydrogen-bond acceptors (Lipinski definition) is 8. The molecule has 0 unspecified atom stereocenters. The number of rotatable bonds is 9. The highest BCUT2D eigenvalue weighted by Gasteiger charge is 2.32. The third kappa shape index (κ3) is 7.35. The fourth-order valence-electron chi connectivity index (χ4n) is 3.09. The zero-order valence-electron chi connectivity index (χ0n) is 18.8. The molecule has 3 aromatic rings. The van der Waals surface area contributed by atoms with Gasteiger partial charge in [0.1, 0.15) is 4.32 Å². The second-order valence-corrected chi connectivity index (χ2v) is 11.5. The molecule has 10 heteroatoms. The van der Waals surface area contributed by atoms with Crippen LogP contribution in [0.4, 0.5) is 5.13 Å². The van der Waals surface area contributed by atoms with Gasteiger partial charge in [0.15, 0.2) is 4.34 Å². The van der Waals surface area contributed by atoms with E-state index in [0.29, 0.717) is 14.4 Å². The quantitative estimate of drug-likeness (QED) is 0.158. The van der Waals surface area contributed by atoms with Gasteiger partial charge < -0.3 is 5.32 Å². The SMILES string of the molecule is Cc1ccc(/C=C2/SC(=S)N(CCC(=O)Nc3nnc(SC/C=C/c4ccccc4)s3)C2=O)cc1. The lowest BCUT2D eigenvalue weighted by Crippen LogP contribution is -2.31. The van der Waals surface area contributed by atoms with Crippen LogP contribution in [0.1, 0.15) is 23.1 Å². The Morgan fingerprint density at radius 1 is 1.11 bits per heavy atom. The van der Waals surface area contributed by atoms with Crippen molar-refractivity contribution in [3.05, 3.63) is 82.3 Å². The van der Waals surface area contributed by atoms with Crippen molar-refractivity contribution in [2.75, 3.05) is 17.6 Å². The molecule has 0 spiro atoms. The fraction of sp³-hybridized carbons (Fsp3) is 0.160. The van der Waals surface area contributed by atoms with Crippen LogP contribution in [0.2, 0.25) is 0 Å². The van der Waals surface area contributed by atoms with Crippen molar-refractivity contribution in [1.29, 1.82) is 0 Å². The van der Waals surface area contributed by atoms with Gasteiger partial charge in [0.2, 0.25) is 11.0 Å². The predicted molar refractivity (Wildman–Crippen MR) is 150 cm³/mol. The van der Waals surface area contributed by atoms with Crippen LogP contribution >= 0.6 is 47.1 Å². The summed E-state index contributed by atoms with van der Waals surface area (Å²) in [6.07, 6.45) is 6.07. The van der Waals surface area contributed by atoms with Gasteiger partial charge in [-0.3, -0.25) is 14.5 Å². The summed E-state index contributed by atoms with van der Waals surface area (Å²) in [6.45, 7) is 2.23. The molecule has 1 saturated heterocycles. The summed E-state index contributed by atoms with van der Waals surface area (Å²) < 4.78 is 1.23. The summed E-state index contributed by atoms with van der Waals surface area (Å²) in [4.78, 5) is 27.2. The first-order chi connectivity index (χ1) is 17.0. The largest absolute Gasteiger partial charge is 0.300 e. The Hall–Kier alpha value is -2.79. The summed E-state index contributed by atoms with van der Waals surface area (Å²) in [5.41, 5.74) is 3.24. The highest BCUT2D eigenvalue weighted by Crippen LogP contribution is 2.33. The molecule has 0 bridgehead atoms. The Balaban J connectivity index is 1.23. The first kappa shape index (κ1) is 25.3. The number of thiocarbonyl (C=S) groups is 1. The van der Waals surface area contributed by atoms with E-state index in [9.17, 15) is 9.59 Å². The highest BCUT2D eigenvalue weighted by molar-refractivity contribution is 8.26. The summed E-state index contributed by atoms with van der Waals surface area (Å²) in [5, 5.41) is 11.4. The van der Waals surface area contributed by atoms with E-state index in [4.69, 9.17) is 12.2 Å². The average molecular weight is 539 g/mol. The molecule has 4 rings (SSSR count). The fourth-order valence-corrected chi connectivity index (χ4v) is 6.00. The minimum atomic E-state index is -0.238. The van der Waals surface area contributed by atoms with Crippen LogP contribution < -0.4 is 5.32 Å². The number of amides is 2. The molecule has 2 amide bonds. The van der Waals surface area contributed by atoms with Crippen LogP contribution in [-0.2, 0) is 9.59 Å². The Morgan fingerprint density at radius 3 is 2.66 bits per heavy atom. The van der Waals surface area contributed by atoms with E-state index in [1.807, 2.05) is 67.6 Å². The van der Waals surface area contributed by atoms with E-state index >= 15 is 0 Å². The third-order valence-corrected chi connectivity index (χ3v) is 8.18. The summed E-state index contributed by atoms with van der Waals surface area (Å²) >= 11 is 9.50. The van der Waals surface area contributed by atoms with Gasteiger partial charge in [-0.2, -0.15) is 0 Å². The van der Waals surface area contributed by atoms with Crippen molar-refractivity contribution in [2.45, 2.75) is 17.7 Å². The van der Waals surface area contributed by atoms with Gasteiger partial charge in [-0.15, -0.1) is 10.2 Å². The summed E-state index contributed by atoms with van der Waals surface area (Å²) in [5.74, 6) is 0.340. The monoisotopic (exact) mass is 538 g/mol. The van der Waals surface area contributed by atoms with Crippen LogP contribution in [0, 0.1) is 6.92 Å². The van der Waals surface area contributed by atoms with Crippen molar-refractivity contribution in [2.24, 2.45) is 0 Å². The van der Waals surface area contributed by atoms with Gasteiger partial charge in [-0.25, -0.2) is 0 Å². The van der Waals surface area contributed by atoms with Crippen molar-refractivity contribution >= 4 is 80.5 Å². The van der Waals surface area contributed by atoms with Crippen molar-refractivity contribution in [3.8, 4) is 0 Å². The smallest absolute Gasteiger partial charge is 0.266 e. The molecule has 0 saturated carbocycles. The first-order valence-electron chi connectivity index (χ1n) is 10.8. The molecule has 2 aromatic carbocycles. The molecule has 1 aliphatic heterocycles. The number of nitrogens with zero attached hydrogens (tertiary/aromatic N) is 3. The Labute approximate surface area is 221 Å². The summed E-state index contributed by atoms with van der Waals surface area (Å²) in [6, 6.07) is 18.0. The van der Waals surface area contributed by atoms with Gasteiger partial charge in [-0.05, 0) is 24.1 Å². The molecule has 0 atom stereocenters. The second kappa shape index (κ2) is 12.3. The van der Waals surface area contributed by atoms with Gasteiger partial charge in [0.25, 0.3) is 5.91 Å². The minimum Gasteiger partial charge on any atom is -0.300 e. The molecule has 0 aliphatic carbocycles. The molecule has 2 heterocycles. The standard InChI is InChI=1S/C25H22N4O2S4/c1-17-9-11-19(12-10-17)16-20-22(31)29(25(32)34-20)14-13-21(30)26-23-27-28-24(35-23)33-15-5-8-18-6-3-2-4-7-18/h2-12,16H,13-15H2,1H3,(H,26,27,30)/b8-5+,20-16+. The molecule has 178 valence electrons. The maximum absolute atomic E-state index is 12.8. The number of benzene rings is 2. The Morgan fingerprint density at radius 2 is 1.89 bits per heavy atom. The van der Waals surface area contributed by atoms with Crippen LogP contribution in [0.25, 0.3) is 12.2 Å². The third-order valence-electron chi connectivity index (χ3n) is 4.88. The lowest BCUT2D eigenvalue weighted by atomic mass is 10.1. The van der Waals surface area contributed by atoms with Gasteiger partial charge in [-0.1, -0.05) is 119 Å². The molecule has 1 N–H and O–H groups in total. The van der Waals surface area contributed by atoms with Crippen LogP contribution in [0.5, 0.6) is 0 Å². The van der Waals surface area contributed by atoms with Crippen molar-refractivity contribution < 1.29 is 9.59 Å². The Kier molecular flexibility index (Phi) is 8.86. The number of thioether (sulfide) groups is 2. The maximum Gasteiger partial charge on any atom is 0.266 e. The zero-order valence-corrected chi connectivity index (χ0v) is 22.1. The molecular weight excluding hydrogens is 517 g/mol. The van der Waals surface area contributed by atoms with Crippen LogP contribution in [-0.4, -0.2) is 43.5 Å². The normalized spacial score (nSPS) is 14.9. The lowest BCUT2D eigenvalue weighted by Gasteiger charge is -2.13. The van der Waals surface area contributed by atoms with E-state index < -0.39 is 0 Å². The van der Waals surface area contributed by atoms with E-state index in [0.717, 1.165) is 26.8 Å². The number of aromatic nitrogens is 2. The maximum atomic E-state index is 12.8. The number of anilines is 1. The number of nitrogens with one attached hydrogen (secondary N) is 1. The van der Waals surface area contributed by atoms with Gasteiger partial charge in [0.05, 0.1) is 4.91 Å². The average Bonchev–Trinajstić information content (AvgIpc) is 3.40. The van der Waals surface area contributed by atoms with Gasteiger partial charge in [0, 0.05) is 18.7 Å². The van der Waals surface area contributed by atoms with Crippen LogP contribution in [0.15, 0.2) is 69.9 Å². The minimum absolute atomic E-state index is 0.117. The molecule has 35 heavy (non-hydrogen) atoms. The predicted octanol–water partition coefficient (Wildman–Crippen LogP) is 5.88. The lowest BCUT2D eigenvalue weighted by molar-refractivity contribution is -0.122. The van der Waals surface area contributed by atoms with E-state index in [2.05, 4.69) is 27.7 Å². The number of carbonyl (C=O) groups is 2.